The molecule has 4 rings (SSSR count). The number of aromatic nitrogens is 2. The number of nitrogens with one attached hydrogen (secondary N) is 5. The lowest BCUT2D eigenvalue weighted by Crippen LogP contribution is -2.58. The highest BCUT2D eigenvalue weighted by Gasteiger charge is 2.35. The van der Waals surface area contributed by atoms with E-state index in [4.69, 9.17) is 61.6 Å². The van der Waals surface area contributed by atoms with Crippen LogP contribution in [0.1, 0.15) is 38.8 Å². The number of fused-ring (bicyclic) bond motifs is 1. The fourth-order valence-electron chi connectivity index (χ4n) is 6.19. The minimum atomic E-state index is -2.14. The first-order valence-electron chi connectivity index (χ1n) is 20.9. The molecule has 0 aliphatic heterocycles. The van der Waals surface area contributed by atoms with Gasteiger partial charge in [0.25, 0.3) is 29.5 Å². The van der Waals surface area contributed by atoms with Crippen LogP contribution in [0, 0.1) is 5.41 Å². The van der Waals surface area contributed by atoms with Gasteiger partial charge in [-0.25, -0.2) is 29.9 Å². The van der Waals surface area contributed by atoms with Crippen molar-refractivity contribution in [3.8, 4) is 11.4 Å². The standard InChI is InChI=1S/C42H57N21O7/c1-42(2,3)18-19-63(31-22-16-10-11-17-23(22)52-26(54-31)21-14-8-5-9-15-21)37(70)36(69)53-24(20-12-6-4-7-13-20)32(65)56-28(60-39(46)47)34(67)58-30(62-41(50)51)35(68)57-29(61-40(48)49)33(66)55-27(25(43)64)59-38(44)45/h4-17,24,27-30,37,70H,18-19H2,1-3H3,(H2,43,64)(H,53,69)(H,55,66)(H,56,65)(H,57,68)(H,58,67)(H4,44,45,59)(H4,46,47,60)(H4,48,49,61)(H4,50,51,62). The molecule has 6 atom stereocenters. The molecule has 24 N–H and O–H groups in total. The molecule has 0 radical (unpaired) electrons. The molecule has 6 amide bonds. The maximum atomic E-state index is 14.4. The summed E-state index contributed by atoms with van der Waals surface area (Å²) in [5.74, 6) is -9.76. The summed E-state index contributed by atoms with van der Waals surface area (Å²) in [7, 11) is 0. The summed E-state index contributed by atoms with van der Waals surface area (Å²) in [6, 6.07) is 22.3. The Balaban J connectivity index is 1.67. The van der Waals surface area contributed by atoms with Crippen LogP contribution >= 0.6 is 0 Å². The van der Waals surface area contributed by atoms with E-state index in [-0.39, 0.29) is 23.3 Å². The van der Waals surface area contributed by atoms with Crippen LogP contribution < -0.4 is 83.1 Å². The summed E-state index contributed by atoms with van der Waals surface area (Å²) in [5.41, 5.74) is 50.2. The van der Waals surface area contributed by atoms with E-state index in [0.29, 0.717) is 28.7 Å². The lowest BCUT2D eigenvalue weighted by molar-refractivity contribution is -0.136. The number of para-hydroxylation sites is 1. The minimum absolute atomic E-state index is 0.107. The Morgan fingerprint density at radius 1 is 0.557 bits per heavy atom. The molecule has 0 fully saturated rings. The Kier molecular flexibility index (Phi) is 18.2. The highest BCUT2D eigenvalue weighted by atomic mass is 16.3. The molecule has 0 saturated carbocycles. The number of aliphatic hydroxyl groups is 1. The maximum Gasteiger partial charge on any atom is 0.270 e. The number of hydrogen-bond donors (Lipinski definition) is 15. The molecule has 372 valence electrons. The molecule has 0 bridgehead atoms. The number of primary amides is 1. The minimum Gasteiger partial charge on any atom is -0.370 e. The molecule has 0 aliphatic rings. The van der Waals surface area contributed by atoms with E-state index in [1.54, 1.807) is 42.5 Å². The number of hydrogen-bond acceptors (Lipinski definition) is 14. The van der Waals surface area contributed by atoms with Gasteiger partial charge in [0.15, 0.2) is 29.7 Å². The third-order valence-corrected chi connectivity index (χ3v) is 9.44. The number of anilines is 1. The zero-order valence-corrected chi connectivity index (χ0v) is 38.2. The monoisotopic (exact) mass is 967 g/mol. The third kappa shape index (κ3) is 15.6. The SMILES string of the molecule is CC(C)(C)CCN(c1nc(-c2ccccc2)nc2ccccc12)C(O)C(=O)NC(C(=O)NC(N=C(N)N)C(=O)NC(N=C(N)N)C(=O)NC(N=C(N)N)C(=O)NC(N=C(N)N)C(N)=O)c1ccccc1. The lowest BCUT2D eigenvalue weighted by atomic mass is 9.92. The fraction of sp³-hybridized carbons (Fsp3) is 0.286. The predicted octanol–water partition coefficient (Wildman–Crippen LogP) is -4.94. The first-order chi connectivity index (χ1) is 32.9. The second kappa shape index (κ2) is 23.9. The molecule has 70 heavy (non-hydrogen) atoms. The van der Waals surface area contributed by atoms with Crippen molar-refractivity contribution in [1.82, 2.24) is 36.6 Å². The first-order valence-corrected chi connectivity index (χ1v) is 20.9. The fourth-order valence-corrected chi connectivity index (χ4v) is 6.19. The zero-order chi connectivity index (χ0) is 51.9. The van der Waals surface area contributed by atoms with Crippen molar-refractivity contribution in [3.63, 3.8) is 0 Å². The van der Waals surface area contributed by atoms with Gasteiger partial charge < -0.3 is 88.2 Å². The van der Waals surface area contributed by atoms with Gasteiger partial charge >= 0.3 is 0 Å². The largest absolute Gasteiger partial charge is 0.370 e. The van der Waals surface area contributed by atoms with E-state index in [9.17, 15) is 33.9 Å². The summed E-state index contributed by atoms with van der Waals surface area (Å²) >= 11 is 0. The first kappa shape index (κ1) is 53.3. The van der Waals surface area contributed by atoms with Crippen LogP contribution in [0.2, 0.25) is 0 Å². The number of aliphatic imine (C=N–C) groups is 4. The molecule has 3 aromatic carbocycles. The quantitative estimate of drug-likeness (QED) is 0.0211. The van der Waals surface area contributed by atoms with Crippen LogP contribution in [0.5, 0.6) is 0 Å². The summed E-state index contributed by atoms with van der Waals surface area (Å²) in [4.78, 5) is 107. The van der Waals surface area contributed by atoms with Gasteiger partial charge in [-0.2, -0.15) is 0 Å². The summed E-state index contributed by atoms with van der Waals surface area (Å²) in [6.07, 6.45) is -9.66. The summed E-state index contributed by atoms with van der Waals surface area (Å²) in [5, 5.41) is 23.6. The van der Waals surface area contributed by atoms with Gasteiger partial charge in [-0.1, -0.05) is 93.6 Å². The molecule has 28 heteroatoms. The molecule has 0 spiro atoms. The van der Waals surface area contributed by atoms with Crippen LogP contribution in [0.4, 0.5) is 5.82 Å². The summed E-state index contributed by atoms with van der Waals surface area (Å²) < 4.78 is 0. The van der Waals surface area contributed by atoms with Crippen molar-refractivity contribution >= 4 is 76.0 Å². The van der Waals surface area contributed by atoms with Crippen LogP contribution in [0.3, 0.4) is 0 Å². The molecule has 1 aromatic heterocycles. The Bertz CT molecular complexity index is 2640. The number of rotatable bonds is 21. The van der Waals surface area contributed by atoms with E-state index in [1.807, 2.05) is 56.4 Å². The predicted molar refractivity (Wildman–Crippen MR) is 260 cm³/mol. The van der Waals surface area contributed by atoms with Crippen molar-refractivity contribution in [2.24, 2.45) is 77.0 Å². The van der Waals surface area contributed by atoms with Crippen molar-refractivity contribution in [2.75, 3.05) is 11.4 Å². The second-order valence-corrected chi connectivity index (χ2v) is 16.2. The smallest absolute Gasteiger partial charge is 0.270 e. The van der Waals surface area contributed by atoms with Gasteiger partial charge in [-0.15, -0.1) is 0 Å². The maximum absolute atomic E-state index is 14.4. The normalized spacial score (nSPS) is 13.5. The van der Waals surface area contributed by atoms with Crippen molar-refractivity contribution < 1.29 is 33.9 Å². The highest BCUT2D eigenvalue weighted by molar-refractivity contribution is 5.99. The number of guanidine groups is 4. The molecule has 28 nitrogen and oxygen atoms in total. The van der Waals surface area contributed by atoms with E-state index in [2.05, 4.69) is 41.2 Å². The van der Waals surface area contributed by atoms with E-state index in [0.717, 1.165) is 0 Å². The van der Waals surface area contributed by atoms with Gasteiger partial charge in [-0.3, -0.25) is 28.8 Å². The molecular weight excluding hydrogens is 911 g/mol. The van der Waals surface area contributed by atoms with E-state index < -0.39 is 96.2 Å². The number of carbonyl (C=O) groups is 6. The van der Waals surface area contributed by atoms with Gasteiger partial charge in [0, 0.05) is 17.5 Å². The molecule has 6 unspecified atom stereocenters. The van der Waals surface area contributed by atoms with Gasteiger partial charge in [0.2, 0.25) is 36.8 Å². The van der Waals surface area contributed by atoms with Crippen LogP contribution in [-0.2, 0) is 28.8 Å². The zero-order valence-electron chi connectivity index (χ0n) is 38.2. The molecule has 4 aromatic rings. The average Bonchev–Trinajstić information content (AvgIpc) is 3.29. The van der Waals surface area contributed by atoms with Crippen molar-refractivity contribution in [1.29, 1.82) is 0 Å². The number of amides is 6. The van der Waals surface area contributed by atoms with Gasteiger partial charge in [0.1, 0.15) is 11.9 Å². The van der Waals surface area contributed by atoms with Crippen LogP contribution in [0.15, 0.2) is 105 Å². The number of nitrogens with two attached hydrogens (primary N) is 9. The Morgan fingerprint density at radius 2 is 0.986 bits per heavy atom. The van der Waals surface area contributed by atoms with E-state index >= 15 is 0 Å². The lowest BCUT2D eigenvalue weighted by Gasteiger charge is -2.33. The number of aliphatic hydroxyl groups excluding tert-OH is 1. The highest BCUT2D eigenvalue weighted by Crippen LogP contribution is 2.31. The Morgan fingerprint density at radius 3 is 1.46 bits per heavy atom. The van der Waals surface area contributed by atoms with Gasteiger partial charge in [0.05, 0.1) is 5.52 Å². The topological polar surface area (TPSA) is 495 Å². The number of nitrogens with zero attached hydrogens (tertiary/aromatic N) is 7. The Labute approximate surface area is 400 Å². The summed E-state index contributed by atoms with van der Waals surface area (Å²) in [6.45, 7) is 6.06. The Hall–Kier alpha value is -9.34. The number of benzene rings is 3. The second-order valence-electron chi connectivity index (χ2n) is 16.2. The van der Waals surface area contributed by atoms with Crippen molar-refractivity contribution in [2.45, 2.75) is 64.1 Å². The van der Waals surface area contributed by atoms with Crippen LogP contribution in [0.25, 0.3) is 22.3 Å². The van der Waals surface area contributed by atoms with Gasteiger partial charge in [-0.05, 0) is 29.5 Å². The molecule has 0 aliphatic carbocycles. The number of carbonyl (C=O) groups excluding carboxylic acids is 6. The third-order valence-electron chi connectivity index (χ3n) is 9.44. The molecule has 0 saturated heterocycles. The average molecular weight is 968 g/mol. The van der Waals surface area contributed by atoms with E-state index in [1.165, 1.54) is 17.0 Å². The van der Waals surface area contributed by atoms with Crippen LogP contribution in [-0.4, -0.2) is 112 Å². The van der Waals surface area contributed by atoms with Crippen molar-refractivity contribution in [3.05, 3.63) is 90.5 Å². The molecular formula is C42H57N21O7. The molecule has 1 heterocycles.